The normalized spacial score (nSPS) is 24.3. The Morgan fingerprint density at radius 3 is 2.40 bits per heavy atom. The van der Waals surface area contributed by atoms with Crippen molar-refractivity contribution < 1.29 is 4.74 Å². The molecule has 5 heteroatoms. The van der Waals surface area contributed by atoms with Crippen LogP contribution in [0.3, 0.4) is 0 Å². The summed E-state index contributed by atoms with van der Waals surface area (Å²) in [6, 6.07) is 14.4. The average molecular weight is 330 g/mol. The van der Waals surface area contributed by atoms with E-state index in [1.807, 2.05) is 6.07 Å². The minimum absolute atomic E-state index is 0.189. The number of rotatable bonds is 3. The van der Waals surface area contributed by atoms with Gasteiger partial charge in [-0.25, -0.2) is 0 Å². The largest absolute Gasteiger partial charge is 0.490 e. The van der Waals surface area contributed by atoms with Crippen LogP contribution in [0.4, 0.5) is 0 Å². The summed E-state index contributed by atoms with van der Waals surface area (Å²) in [7, 11) is 0. The molecule has 2 bridgehead atoms. The number of aromatic nitrogens is 1. The predicted molar refractivity (Wildman–Crippen MR) is 92.7 cm³/mol. The fourth-order valence-corrected chi connectivity index (χ4v) is 3.80. The van der Waals surface area contributed by atoms with Gasteiger partial charge in [-0.3, -0.25) is 4.98 Å². The molecule has 2 aliphatic rings. The van der Waals surface area contributed by atoms with E-state index in [0.717, 1.165) is 24.1 Å². The summed E-state index contributed by atoms with van der Waals surface area (Å²) in [5, 5.41) is 21.8. The maximum Gasteiger partial charge on any atom is 0.121 e. The Labute approximate surface area is 146 Å². The highest BCUT2D eigenvalue weighted by atomic mass is 16.5. The van der Waals surface area contributed by atoms with Gasteiger partial charge in [0.2, 0.25) is 0 Å². The maximum absolute atomic E-state index is 9.34. The van der Waals surface area contributed by atoms with Crippen molar-refractivity contribution in [1.29, 1.82) is 10.5 Å². The van der Waals surface area contributed by atoms with Gasteiger partial charge in [-0.05, 0) is 56.0 Å². The van der Waals surface area contributed by atoms with Crippen LogP contribution < -0.4 is 10.1 Å². The van der Waals surface area contributed by atoms with Crippen molar-refractivity contribution >= 4 is 0 Å². The van der Waals surface area contributed by atoms with Crippen LogP contribution in [0.5, 0.6) is 5.75 Å². The van der Waals surface area contributed by atoms with Gasteiger partial charge in [0.1, 0.15) is 17.9 Å². The first-order chi connectivity index (χ1) is 12.2. The van der Waals surface area contributed by atoms with Crippen molar-refractivity contribution in [1.82, 2.24) is 10.3 Å². The van der Waals surface area contributed by atoms with Gasteiger partial charge in [0.05, 0.1) is 22.9 Å². The van der Waals surface area contributed by atoms with Gasteiger partial charge in [-0.15, -0.1) is 0 Å². The lowest BCUT2D eigenvalue weighted by Gasteiger charge is -2.29. The van der Waals surface area contributed by atoms with Crippen LogP contribution in [0.1, 0.15) is 36.8 Å². The van der Waals surface area contributed by atoms with Gasteiger partial charge in [0.25, 0.3) is 0 Å². The van der Waals surface area contributed by atoms with Crippen LogP contribution in [-0.2, 0) is 0 Å². The molecule has 0 radical (unpaired) electrons. The third-order valence-electron chi connectivity index (χ3n) is 4.96. The zero-order valence-electron chi connectivity index (χ0n) is 13.8. The molecule has 0 aliphatic carbocycles. The van der Waals surface area contributed by atoms with E-state index in [-0.39, 0.29) is 6.10 Å². The van der Waals surface area contributed by atoms with Gasteiger partial charge in [0.15, 0.2) is 0 Å². The van der Waals surface area contributed by atoms with Crippen molar-refractivity contribution in [2.75, 3.05) is 0 Å². The fourth-order valence-electron chi connectivity index (χ4n) is 3.80. The topological polar surface area (TPSA) is 81.7 Å². The summed E-state index contributed by atoms with van der Waals surface area (Å²) < 4.78 is 6.21. The number of nitrogens with one attached hydrogen (secondary N) is 1. The molecule has 3 heterocycles. The molecule has 0 spiro atoms. The molecule has 1 aromatic heterocycles. The Kier molecular flexibility index (Phi) is 4.09. The number of piperidine rings is 1. The van der Waals surface area contributed by atoms with Crippen molar-refractivity contribution in [3.05, 3.63) is 47.7 Å². The number of benzene rings is 1. The molecule has 25 heavy (non-hydrogen) atoms. The van der Waals surface area contributed by atoms with Crippen LogP contribution >= 0.6 is 0 Å². The Morgan fingerprint density at radius 1 is 1.00 bits per heavy atom. The molecular weight excluding hydrogens is 312 g/mol. The molecule has 0 saturated carbocycles. The predicted octanol–water partition coefficient (Wildman–Crippen LogP) is 3.15. The van der Waals surface area contributed by atoms with Gasteiger partial charge in [0, 0.05) is 23.8 Å². The lowest BCUT2D eigenvalue weighted by Crippen LogP contribution is -2.42. The number of hydrogen-bond acceptors (Lipinski definition) is 5. The Bertz CT molecular complexity index is 851. The molecule has 4 rings (SSSR count). The standard InChI is InChI=1S/C20H18N4O/c21-10-13-1-4-20(23-12-13)15-5-14(11-22)6-18(7-15)25-19-8-16-2-3-17(9-19)24-16/h1,4-7,12,16-17,19,24H,2-3,8-9H2/t16-,17+,19?. The molecule has 2 aromatic rings. The molecule has 3 atom stereocenters. The van der Waals surface area contributed by atoms with Crippen molar-refractivity contribution in [3.8, 4) is 29.1 Å². The van der Waals surface area contributed by atoms with Crippen LogP contribution in [0.2, 0.25) is 0 Å². The van der Waals surface area contributed by atoms with E-state index in [2.05, 4.69) is 22.4 Å². The van der Waals surface area contributed by atoms with E-state index in [0.29, 0.717) is 29.0 Å². The first kappa shape index (κ1) is 15.6. The molecule has 2 fully saturated rings. The van der Waals surface area contributed by atoms with E-state index in [4.69, 9.17) is 10.00 Å². The average Bonchev–Trinajstić information content (AvgIpc) is 2.99. The summed E-state index contributed by atoms with van der Waals surface area (Å²) in [6.07, 6.45) is 6.20. The lowest BCUT2D eigenvalue weighted by molar-refractivity contribution is 0.137. The van der Waals surface area contributed by atoms with E-state index in [1.54, 1.807) is 30.5 Å². The Hall–Kier alpha value is -2.89. The molecule has 1 unspecified atom stereocenters. The molecule has 5 nitrogen and oxygen atoms in total. The summed E-state index contributed by atoms with van der Waals surface area (Å²) in [5.41, 5.74) is 2.62. The number of hydrogen-bond donors (Lipinski definition) is 1. The van der Waals surface area contributed by atoms with E-state index in [9.17, 15) is 5.26 Å². The van der Waals surface area contributed by atoms with Crippen LogP contribution in [0.25, 0.3) is 11.3 Å². The number of nitrogens with zero attached hydrogens (tertiary/aromatic N) is 3. The highest BCUT2D eigenvalue weighted by Gasteiger charge is 2.34. The van der Waals surface area contributed by atoms with Gasteiger partial charge in [-0.1, -0.05) is 0 Å². The summed E-state index contributed by atoms with van der Waals surface area (Å²) >= 11 is 0. The second-order valence-electron chi connectivity index (χ2n) is 6.75. The summed E-state index contributed by atoms with van der Waals surface area (Å²) in [5.74, 6) is 0.714. The minimum atomic E-state index is 0.189. The zero-order valence-corrected chi connectivity index (χ0v) is 13.8. The fraction of sp³-hybridized carbons (Fsp3) is 0.350. The third-order valence-corrected chi connectivity index (χ3v) is 4.96. The third kappa shape index (κ3) is 3.33. The molecule has 124 valence electrons. The first-order valence-electron chi connectivity index (χ1n) is 8.58. The number of nitriles is 2. The van der Waals surface area contributed by atoms with Crippen LogP contribution in [-0.4, -0.2) is 23.2 Å². The van der Waals surface area contributed by atoms with E-state index in [1.165, 1.54) is 12.8 Å². The SMILES string of the molecule is N#Cc1ccc(-c2cc(C#N)cc(OC3C[C@H]4CC[C@@H](C3)N4)c2)nc1. The van der Waals surface area contributed by atoms with Crippen LogP contribution in [0.15, 0.2) is 36.5 Å². The Morgan fingerprint density at radius 2 is 1.76 bits per heavy atom. The minimum Gasteiger partial charge on any atom is -0.490 e. The van der Waals surface area contributed by atoms with E-state index >= 15 is 0 Å². The lowest BCUT2D eigenvalue weighted by atomic mass is 10.0. The molecule has 1 aromatic carbocycles. The van der Waals surface area contributed by atoms with Gasteiger partial charge >= 0.3 is 0 Å². The molecule has 0 amide bonds. The number of pyridine rings is 1. The van der Waals surface area contributed by atoms with Crippen molar-refractivity contribution in [3.63, 3.8) is 0 Å². The summed E-state index contributed by atoms with van der Waals surface area (Å²) in [6.45, 7) is 0. The van der Waals surface area contributed by atoms with Crippen molar-refractivity contribution in [2.24, 2.45) is 0 Å². The highest BCUT2D eigenvalue weighted by Crippen LogP contribution is 2.31. The zero-order chi connectivity index (χ0) is 17.2. The quantitative estimate of drug-likeness (QED) is 0.935. The highest BCUT2D eigenvalue weighted by molar-refractivity contribution is 5.64. The smallest absolute Gasteiger partial charge is 0.121 e. The first-order valence-corrected chi connectivity index (χ1v) is 8.58. The maximum atomic E-state index is 9.34. The molecule has 2 saturated heterocycles. The van der Waals surface area contributed by atoms with E-state index < -0.39 is 0 Å². The Balaban J connectivity index is 1.60. The molecule has 1 N–H and O–H groups in total. The summed E-state index contributed by atoms with van der Waals surface area (Å²) in [4.78, 5) is 4.32. The van der Waals surface area contributed by atoms with Gasteiger partial charge < -0.3 is 10.1 Å². The number of ether oxygens (including phenoxy) is 1. The number of fused-ring (bicyclic) bond motifs is 2. The molecule has 2 aliphatic heterocycles. The van der Waals surface area contributed by atoms with Crippen LogP contribution in [0, 0.1) is 22.7 Å². The van der Waals surface area contributed by atoms with Crippen molar-refractivity contribution in [2.45, 2.75) is 43.9 Å². The monoisotopic (exact) mass is 330 g/mol. The second kappa shape index (κ2) is 6.55. The van der Waals surface area contributed by atoms with Gasteiger partial charge in [-0.2, -0.15) is 10.5 Å². The second-order valence-corrected chi connectivity index (χ2v) is 6.75. The molecular formula is C20H18N4O.